The van der Waals surface area contributed by atoms with Crippen LogP contribution in [0.3, 0.4) is 0 Å². The molecule has 2 heteroatoms. The summed E-state index contributed by atoms with van der Waals surface area (Å²) in [5.74, 6) is 0.957. The van der Waals surface area contributed by atoms with E-state index in [2.05, 4.69) is 13.8 Å². The third kappa shape index (κ3) is 1.16. The highest BCUT2D eigenvalue weighted by molar-refractivity contribution is 5.24. The molecular weight excluding hydrogens is 152 g/mol. The zero-order valence-electron chi connectivity index (χ0n) is 7.50. The Labute approximate surface area is 72.2 Å². The maximum Gasteiger partial charge on any atom is 0.110 e. The van der Waals surface area contributed by atoms with Gasteiger partial charge in [-0.15, -0.1) is 0 Å². The minimum Gasteiger partial charge on any atom is -0.469 e. The molecule has 2 nitrogen and oxygen atoms in total. The van der Waals surface area contributed by atoms with Crippen LogP contribution in [-0.4, -0.2) is 5.11 Å². The minimum absolute atomic E-state index is 0.171. The molecule has 1 unspecified atom stereocenters. The summed E-state index contributed by atoms with van der Waals surface area (Å²) < 4.78 is 5.30. The molecule has 0 radical (unpaired) electrons. The Hall–Kier alpha value is -0.760. The highest BCUT2D eigenvalue weighted by atomic mass is 16.3. The van der Waals surface area contributed by atoms with Crippen LogP contribution in [0.5, 0.6) is 0 Å². The van der Waals surface area contributed by atoms with Crippen LogP contribution in [0.2, 0.25) is 0 Å². The Morgan fingerprint density at radius 3 is 3.08 bits per heavy atom. The molecular formula is C10H14O2. The molecule has 0 aromatic carbocycles. The topological polar surface area (TPSA) is 33.4 Å². The maximum atomic E-state index is 9.73. The molecule has 0 aliphatic heterocycles. The predicted molar refractivity (Wildman–Crippen MR) is 45.8 cm³/mol. The van der Waals surface area contributed by atoms with Gasteiger partial charge in [-0.2, -0.15) is 0 Å². The standard InChI is InChI=1S/C10H14O2/c1-10(2)5-8(11)7-3-4-12-9(7)6-10/h3-4,8,11H,5-6H2,1-2H3. The van der Waals surface area contributed by atoms with Gasteiger partial charge >= 0.3 is 0 Å². The molecule has 0 bridgehead atoms. The second kappa shape index (κ2) is 2.36. The van der Waals surface area contributed by atoms with Crippen molar-refractivity contribution >= 4 is 0 Å². The Kier molecular flexibility index (Phi) is 1.55. The largest absolute Gasteiger partial charge is 0.469 e. The van der Waals surface area contributed by atoms with Crippen LogP contribution in [-0.2, 0) is 6.42 Å². The van der Waals surface area contributed by atoms with E-state index in [9.17, 15) is 5.11 Å². The van der Waals surface area contributed by atoms with Crippen LogP contribution in [0.1, 0.15) is 37.7 Å². The molecule has 1 aromatic rings. The van der Waals surface area contributed by atoms with Crippen LogP contribution in [0.25, 0.3) is 0 Å². The van der Waals surface area contributed by atoms with E-state index in [0.717, 1.165) is 24.2 Å². The van der Waals surface area contributed by atoms with E-state index in [1.54, 1.807) is 6.26 Å². The lowest BCUT2D eigenvalue weighted by atomic mass is 9.76. The number of aliphatic hydroxyl groups excluding tert-OH is 1. The molecule has 1 aromatic heterocycles. The minimum atomic E-state index is -0.331. The van der Waals surface area contributed by atoms with Crippen molar-refractivity contribution < 1.29 is 9.52 Å². The summed E-state index contributed by atoms with van der Waals surface area (Å²) in [6.45, 7) is 4.31. The van der Waals surface area contributed by atoms with Gasteiger partial charge in [0.25, 0.3) is 0 Å². The van der Waals surface area contributed by atoms with Crippen molar-refractivity contribution in [2.45, 2.75) is 32.8 Å². The molecule has 1 N–H and O–H groups in total. The normalized spacial score (nSPS) is 26.8. The lowest BCUT2D eigenvalue weighted by Crippen LogP contribution is -2.24. The Morgan fingerprint density at radius 1 is 1.58 bits per heavy atom. The van der Waals surface area contributed by atoms with Crippen LogP contribution >= 0.6 is 0 Å². The molecule has 0 saturated heterocycles. The monoisotopic (exact) mass is 166 g/mol. The van der Waals surface area contributed by atoms with E-state index in [1.165, 1.54) is 0 Å². The summed E-state index contributed by atoms with van der Waals surface area (Å²) in [4.78, 5) is 0. The van der Waals surface area contributed by atoms with Crippen LogP contribution in [0.15, 0.2) is 16.7 Å². The number of fused-ring (bicyclic) bond motifs is 1. The average Bonchev–Trinajstić information content (AvgIpc) is 2.31. The zero-order valence-corrected chi connectivity index (χ0v) is 7.50. The van der Waals surface area contributed by atoms with Crippen LogP contribution < -0.4 is 0 Å². The molecule has 0 saturated carbocycles. The van der Waals surface area contributed by atoms with Crippen molar-refractivity contribution in [3.8, 4) is 0 Å². The molecule has 1 heterocycles. The third-order valence-electron chi connectivity index (χ3n) is 2.52. The zero-order chi connectivity index (χ0) is 8.77. The van der Waals surface area contributed by atoms with Gasteiger partial charge in [-0.25, -0.2) is 0 Å². The number of hydrogen-bond acceptors (Lipinski definition) is 2. The molecule has 0 fully saturated rings. The maximum absolute atomic E-state index is 9.73. The first-order valence-corrected chi connectivity index (χ1v) is 4.33. The van der Waals surface area contributed by atoms with Gasteiger partial charge in [0.05, 0.1) is 12.4 Å². The molecule has 0 spiro atoms. The van der Waals surface area contributed by atoms with E-state index in [-0.39, 0.29) is 11.5 Å². The van der Waals surface area contributed by atoms with E-state index < -0.39 is 0 Å². The number of furan rings is 1. The van der Waals surface area contributed by atoms with Gasteiger partial charge in [0, 0.05) is 12.0 Å². The van der Waals surface area contributed by atoms with Crippen molar-refractivity contribution in [2.75, 3.05) is 0 Å². The van der Waals surface area contributed by atoms with Gasteiger partial charge in [-0.1, -0.05) is 13.8 Å². The Balaban J connectivity index is 2.38. The molecule has 66 valence electrons. The van der Waals surface area contributed by atoms with Gasteiger partial charge in [0.1, 0.15) is 5.76 Å². The summed E-state index contributed by atoms with van der Waals surface area (Å²) in [6.07, 6.45) is 3.10. The summed E-state index contributed by atoms with van der Waals surface area (Å²) in [5.41, 5.74) is 1.15. The number of hydrogen-bond donors (Lipinski definition) is 1. The molecule has 12 heavy (non-hydrogen) atoms. The molecule has 1 atom stereocenters. The quantitative estimate of drug-likeness (QED) is 0.641. The summed E-state index contributed by atoms with van der Waals surface area (Å²) in [5, 5.41) is 9.73. The fourth-order valence-electron chi connectivity index (χ4n) is 1.93. The first-order chi connectivity index (χ1) is 5.58. The van der Waals surface area contributed by atoms with Gasteiger partial charge < -0.3 is 9.52 Å². The van der Waals surface area contributed by atoms with Crippen molar-refractivity contribution in [2.24, 2.45) is 5.41 Å². The van der Waals surface area contributed by atoms with Crippen LogP contribution in [0, 0.1) is 5.41 Å². The Morgan fingerprint density at radius 2 is 2.33 bits per heavy atom. The van der Waals surface area contributed by atoms with E-state index >= 15 is 0 Å². The van der Waals surface area contributed by atoms with Crippen molar-refractivity contribution in [3.05, 3.63) is 23.7 Å². The SMILES string of the molecule is CC1(C)Cc2occc2C(O)C1. The number of rotatable bonds is 0. The predicted octanol–water partition coefficient (Wildman–Crippen LogP) is 2.29. The van der Waals surface area contributed by atoms with Gasteiger partial charge in [0.2, 0.25) is 0 Å². The third-order valence-corrected chi connectivity index (χ3v) is 2.52. The summed E-state index contributed by atoms with van der Waals surface area (Å²) in [7, 11) is 0. The van der Waals surface area contributed by atoms with Crippen molar-refractivity contribution in [3.63, 3.8) is 0 Å². The first kappa shape index (κ1) is 7.87. The molecule has 1 aliphatic carbocycles. The fourth-order valence-corrected chi connectivity index (χ4v) is 1.93. The molecule has 2 rings (SSSR count). The van der Waals surface area contributed by atoms with Gasteiger partial charge in [0.15, 0.2) is 0 Å². The lowest BCUT2D eigenvalue weighted by Gasteiger charge is -2.31. The van der Waals surface area contributed by atoms with Gasteiger partial charge in [-0.05, 0) is 17.9 Å². The molecule has 1 aliphatic rings. The second-order valence-corrected chi connectivity index (χ2v) is 4.36. The average molecular weight is 166 g/mol. The molecule has 0 amide bonds. The Bertz CT molecular complexity index is 286. The fraction of sp³-hybridized carbons (Fsp3) is 0.600. The van der Waals surface area contributed by atoms with E-state index in [4.69, 9.17) is 4.42 Å². The van der Waals surface area contributed by atoms with Gasteiger partial charge in [-0.3, -0.25) is 0 Å². The second-order valence-electron chi connectivity index (χ2n) is 4.36. The van der Waals surface area contributed by atoms with Crippen LogP contribution in [0.4, 0.5) is 0 Å². The smallest absolute Gasteiger partial charge is 0.110 e. The summed E-state index contributed by atoms with van der Waals surface area (Å²) in [6, 6.07) is 1.87. The lowest BCUT2D eigenvalue weighted by molar-refractivity contribution is 0.0933. The number of aliphatic hydroxyl groups is 1. The van der Waals surface area contributed by atoms with Crippen molar-refractivity contribution in [1.29, 1.82) is 0 Å². The van der Waals surface area contributed by atoms with E-state index in [1.807, 2.05) is 6.07 Å². The highest BCUT2D eigenvalue weighted by Crippen LogP contribution is 2.40. The highest BCUT2D eigenvalue weighted by Gasteiger charge is 2.32. The van der Waals surface area contributed by atoms with Crippen molar-refractivity contribution in [1.82, 2.24) is 0 Å². The van der Waals surface area contributed by atoms with E-state index in [0.29, 0.717) is 0 Å². The first-order valence-electron chi connectivity index (χ1n) is 4.33. The summed E-state index contributed by atoms with van der Waals surface area (Å²) >= 11 is 0.